The lowest BCUT2D eigenvalue weighted by molar-refractivity contribution is 0.0860. The zero-order valence-corrected chi connectivity index (χ0v) is 20.9. The molecule has 0 heterocycles. The van der Waals surface area contributed by atoms with Gasteiger partial charge in [-0.2, -0.15) is 0 Å². The van der Waals surface area contributed by atoms with Gasteiger partial charge in [-0.05, 0) is 91.1 Å². The molecule has 0 radical (unpaired) electrons. The molecular weight excluding hydrogens is 380 g/mol. The standard InChI is InChI=1S/C29H48O2/c1-7-22(19(2)3)11-10-20(4)26-14-15-27-23(9-8-16-29(26,27)6)12-13-24-17-25(30)18-28(31)21(24)5/h12-13,19-20,22,25-28,30-31H,5,7-11,14-18H2,1-4,6H3/t20-,22?,25+,26?,27+,28+,29-/m1/s1. The van der Waals surface area contributed by atoms with Crippen molar-refractivity contribution in [2.75, 3.05) is 0 Å². The molecule has 3 aliphatic rings. The van der Waals surface area contributed by atoms with Crippen LogP contribution < -0.4 is 0 Å². The summed E-state index contributed by atoms with van der Waals surface area (Å²) in [6, 6.07) is 0. The van der Waals surface area contributed by atoms with Gasteiger partial charge in [-0.3, -0.25) is 0 Å². The van der Waals surface area contributed by atoms with Gasteiger partial charge in [0.1, 0.15) is 0 Å². The number of aliphatic hydroxyl groups excluding tert-OH is 2. The Kier molecular flexibility index (Phi) is 8.30. The van der Waals surface area contributed by atoms with E-state index in [1.165, 1.54) is 51.4 Å². The fourth-order valence-electron chi connectivity index (χ4n) is 7.37. The van der Waals surface area contributed by atoms with Crippen LogP contribution in [0.5, 0.6) is 0 Å². The zero-order valence-electron chi connectivity index (χ0n) is 20.9. The molecule has 176 valence electrons. The molecule has 2 unspecified atom stereocenters. The van der Waals surface area contributed by atoms with Crippen LogP contribution in [0.15, 0.2) is 35.5 Å². The molecule has 3 fully saturated rings. The van der Waals surface area contributed by atoms with Gasteiger partial charge in [0.15, 0.2) is 0 Å². The third-order valence-corrected chi connectivity index (χ3v) is 9.45. The summed E-state index contributed by atoms with van der Waals surface area (Å²) >= 11 is 0. The maximum absolute atomic E-state index is 10.2. The van der Waals surface area contributed by atoms with Gasteiger partial charge in [-0.15, -0.1) is 0 Å². The van der Waals surface area contributed by atoms with Crippen molar-refractivity contribution in [2.45, 2.75) is 111 Å². The summed E-state index contributed by atoms with van der Waals surface area (Å²) in [4.78, 5) is 0. The highest BCUT2D eigenvalue weighted by Gasteiger charge is 2.50. The van der Waals surface area contributed by atoms with Gasteiger partial charge >= 0.3 is 0 Å². The van der Waals surface area contributed by atoms with Crippen molar-refractivity contribution in [3.8, 4) is 0 Å². The van der Waals surface area contributed by atoms with Crippen LogP contribution in [-0.4, -0.2) is 22.4 Å². The maximum Gasteiger partial charge on any atom is 0.0811 e. The van der Waals surface area contributed by atoms with E-state index in [1.54, 1.807) is 5.57 Å². The van der Waals surface area contributed by atoms with Crippen LogP contribution in [0.2, 0.25) is 0 Å². The molecule has 2 heteroatoms. The average molecular weight is 429 g/mol. The van der Waals surface area contributed by atoms with Crippen molar-refractivity contribution in [1.29, 1.82) is 0 Å². The van der Waals surface area contributed by atoms with Gasteiger partial charge in [0.2, 0.25) is 0 Å². The summed E-state index contributed by atoms with van der Waals surface area (Å²) in [5.74, 6) is 4.02. The number of hydrogen-bond acceptors (Lipinski definition) is 2. The Hall–Kier alpha value is -0.860. The first-order valence-electron chi connectivity index (χ1n) is 13.1. The molecule has 2 N–H and O–H groups in total. The zero-order chi connectivity index (χ0) is 22.8. The van der Waals surface area contributed by atoms with Crippen molar-refractivity contribution in [3.05, 3.63) is 35.5 Å². The van der Waals surface area contributed by atoms with Crippen molar-refractivity contribution in [1.82, 2.24) is 0 Å². The van der Waals surface area contributed by atoms with Crippen LogP contribution in [0, 0.1) is 35.0 Å². The van der Waals surface area contributed by atoms with Crippen LogP contribution in [-0.2, 0) is 0 Å². The molecule has 2 nitrogen and oxygen atoms in total. The van der Waals surface area contributed by atoms with Crippen LogP contribution in [0.25, 0.3) is 0 Å². The van der Waals surface area contributed by atoms with Crippen molar-refractivity contribution >= 4 is 0 Å². The van der Waals surface area contributed by atoms with Gasteiger partial charge < -0.3 is 10.2 Å². The Balaban J connectivity index is 1.71. The molecule has 0 amide bonds. The van der Waals surface area contributed by atoms with E-state index in [0.29, 0.717) is 24.2 Å². The molecule has 7 atom stereocenters. The highest BCUT2D eigenvalue weighted by molar-refractivity contribution is 5.38. The Labute approximate surface area is 191 Å². The van der Waals surface area contributed by atoms with Gasteiger partial charge in [-0.25, -0.2) is 0 Å². The second-order valence-corrected chi connectivity index (χ2v) is 11.6. The molecule has 3 saturated carbocycles. The van der Waals surface area contributed by atoms with Crippen LogP contribution in [0.1, 0.15) is 98.8 Å². The molecule has 3 rings (SSSR count). The van der Waals surface area contributed by atoms with Gasteiger partial charge in [0.05, 0.1) is 12.2 Å². The summed E-state index contributed by atoms with van der Waals surface area (Å²) in [6.45, 7) is 16.3. The fraction of sp³-hybridized carbons (Fsp3) is 0.793. The molecule has 0 spiro atoms. The van der Waals surface area contributed by atoms with Gasteiger partial charge in [0, 0.05) is 6.42 Å². The summed E-state index contributed by atoms with van der Waals surface area (Å²) < 4.78 is 0. The number of hydrogen-bond donors (Lipinski definition) is 2. The van der Waals surface area contributed by atoms with E-state index < -0.39 is 12.2 Å². The lowest BCUT2D eigenvalue weighted by atomic mass is 9.60. The van der Waals surface area contributed by atoms with E-state index >= 15 is 0 Å². The smallest absolute Gasteiger partial charge is 0.0811 e. The number of aliphatic hydroxyl groups is 2. The Bertz CT molecular complexity index is 687. The summed E-state index contributed by atoms with van der Waals surface area (Å²) in [7, 11) is 0. The topological polar surface area (TPSA) is 40.5 Å². The predicted octanol–water partition coefficient (Wildman–Crippen LogP) is 7.23. The summed E-state index contributed by atoms with van der Waals surface area (Å²) in [5, 5.41) is 20.2. The minimum atomic E-state index is -0.598. The molecular formula is C29H48O2. The highest BCUT2D eigenvalue weighted by atomic mass is 16.3. The van der Waals surface area contributed by atoms with E-state index in [0.717, 1.165) is 34.8 Å². The lowest BCUT2D eigenvalue weighted by Gasteiger charge is -2.44. The van der Waals surface area contributed by atoms with Crippen LogP contribution in [0.4, 0.5) is 0 Å². The minimum Gasteiger partial charge on any atom is -0.393 e. The lowest BCUT2D eigenvalue weighted by Crippen LogP contribution is -2.36. The summed E-state index contributed by atoms with van der Waals surface area (Å²) in [5.41, 5.74) is 3.87. The summed E-state index contributed by atoms with van der Waals surface area (Å²) in [6.07, 6.45) is 15.1. The second kappa shape index (κ2) is 10.4. The molecule has 0 bridgehead atoms. The Morgan fingerprint density at radius 1 is 1.13 bits per heavy atom. The molecule has 31 heavy (non-hydrogen) atoms. The van der Waals surface area contributed by atoms with E-state index in [9.17, 15) is 10.2 Å². The molecule has 0 aromatic heterocycles. The first-order chi connectivity index (χ1) is 14.7. The average Bonchev–Trinajstić information content (AvgIpc) is 3.07. The van der Waals surface area contributed by atoms with Gasteiger partial charge in [-0.1, -0.05) is 71.8 Å². The molecule has 0 aromatic rings. The number of rotatable bonds is 7. The second-order valence-electron chi connectivity index (χ2n) is 11.6. The van der Waals surface area contributed by atoms with Gasteiger partial charge in [0.25, 0.3) is 0 Å². The van der Waals surface area contributed by atoms with E-state index in [2.05, 4.69) is 53.3 Å². The fourth-order valence-corrected chi connectivity index (χ4v) is 7.37. The van der Waals surface area contributed by atoms with Crippen molar-refractivity contribution < 1.29 is 10.2 Å². The minimum absolute atomic E-state index is 0.419. The van der Waals surface area contributed by atoms with Crippen molar-refractivity contribution in [2.24, 2.45) is 35.0 Å². The largest absolute Gasteiger partial charge is 0.393 e. The van der Waals surface area contributed by atoms with E-state index in [4.69, 9.17) is 0 Å². The molecule has 0 aromatic carbocycles. The third kappa shape index (κ3) is 5.38. The first kappa shape index (κ1) is 24.8. The Morgan fingerprint density at radius 3 is 2.55 bits per heavy atom. The van der Waals surface area contributed by atoms with E-state index in [-0.39, 0.29) is 0 Å². The quantitative estimate of drug-likeness (QED) is 0.449. The highest BCUT2D eigenvalue weighted by Crippen LogP contribution is 2.60. The Morgan fingerprint density at radius 2 is 1.87 bits per heavy atom. The monoisotopic (exact) mass is 428 g/mol. The third-order valence-electron chi connectivity index (χ3n) is 9.45. The van der Waals surface area contributed by atoms with E-state index in [1.807, 2.05) is 0 Å². The normalized spacial score (nSPS) is 38.6. The molecule has 0 saturated heterocycles. The van der Waals surface area contributed by atoms with Crippen LogP contribution in [0.3, 0.4) is 0 Å². The predicted molar refractivity (Wildman–Crippen MR) is 132 cm³/mol. The molecule has 0 aliphatic heterocycles. The SMILES string of the molecule is C=C1C(=CC=C2CCC[C@]3(C)C([C@H](C)CCC(CC)C(C)C)CC[C@@H]23)C[C@H](O)C[C@@H]1O. The number of fused-ring (bicyclic) bond motifs is 1. The maximum atomic E-state index is 10.2. The first-order valence-corrected chi connectivity index (χ1v) is 13.1. The van der Waals surface area contributed by atoms with Crippen molar-refractivity contribution in [3.63, 3.8) is 0 Å². The molecule has 3 aliphatic carbocycles. The number of allylic oxidation sites excluding steroid dienone is 3. The van der Waals surface area contributed by atoms with Crippen LogP contribution >= 0.6 is 0 Å².